The molecule has 4 amide bonds. The summed E-state index contributed by atoms with van der Waals surface area (Å²) in [7, 11) is 0. The number of likely N-dealkylation sites (tertiary alicyclic amines) is 1. The Labute approximate surface area is 324 Å². The zero-order chi connectivity index (χ0) is 39.3. The zero-order valence-corrected chi connectivity index (χ0v) is 31.9. The molecule has 4 fully saturated rings. The highest BCUT2D eigenvalue weighted by Gasteiger charge is 2.31. The number of amides is 4. The van der Waals surface area contributed by atoms with Gasteiger partial charge in [0, 0.05) is 69.1 Å². The number of carbonyl (C=O) groups excluding carboxylic acids is 4. The maximum atomic E-state index is 15.2. The van der Waals surface area contributed by atoms with Crippen LogP contribution in [0.3, 0.4) is 0 Å². The van der Waals surface area contributed by atoms with Crippen LogP contribution in [0.5, 0.6) is 5.75 Å². The van der Waals surface area contributed by atoms with Crippen molar-refractivity contribution in [2.45, 2.75) is 96.1 Å². The molecule has 1 unspecified atom stereocenters. The first-order valence-corrected chi connectivity index (χ1v) is 19.7. The maximum Gasteiger partial charge on any atom is 0.271 e. The second-order valence-electron chi connectivity index (χ2n) is 15.4. The molecule has 3 aromatic heterocycles. The van der Waals surface area contributed by atoms with E-state index in [9.17, 15) is 24.0 Å². The summed E-state index contributed by atoms with van der Waals surface area (Å²) in [6, 6.07) is 8.07. The fourth-order valence-electron chi connectivity index (χ4n) is 7.48. The molecule has 0 bridgehead atoms. The van der Waals surface area contributed by atoms with Gasteiger partial charge < -0.3 is 24.8 Å². The van der Waals surface area contributed by atoms with Gasteiger partial charge >= 0.3 is 0 Å². The largest absolute Gasteiger partial charge is 0.490 e. The van der Waals surface area contributed by atoms with Crippen molar-refractivity contribution < 1.29 is 28.3 Å². The summed E-state index contributed by atoms with van der Waals surface area (Å²) in [5, 5.41) is 10.6. The summed E-state index contributed by atoms with van der Waals surface area (Å²) < 4.78 is 23.0. The van der Waals surface area contributed by atoms with E-state index < -0.39 is 29.1 Å². The number of halogens is 1. The standard InChI is InChI=1S/C38H43FN8O6.C3H6/c1-22(2)53-32-19-31-25(17-28(32)37(51)42-30-4-3-11-40-38(30)52)21-47(44-31)26-9-14-45(15-10-26)34(49)16-23-7-12-46(13-8-23)35-29(39)18-24(20-41-35)27-5-6-33(48)43-36(27)50;1-2-3-1/h3-4,11,17-23,26-27H,5-10,12-16H2,1-2H3,(H,40,52)(H,42,51)(H,43,48,50);1-3H2. The molecule has 8 rings (SSSR count). The number of nitrogens with one attached hydrogen (secondary N) is 3. The molecule has 0 radical (unpaired) electrons. The van der Waals surface area contributed by atoms with Crippen LogP contribution in [-0.2, 0) is 14.4 Å². The first kappa shape index (κ1) is 38.7. The Morgan fingerprint density at radius 3 is 2.41 bits per heavy atom. The third-order valence-electron chi connectivity index (χ3n) is 10.7. The normalized spacial score (nSPS) is 19.0. The molecule has 296 valence electrons. The van der Waals surface area contributed by atoms with Crippen molar-refractivity contribution in [2.24, 2.45) is 5.92 Å². The Morgan fingerprint density at radius 1 is 1.00 bits per heavy atom. The van der Waals surface area contributed by atoms with Crippen LogP contribution in [0.2, 0.25) is 0 Å². The average molecular weight is 769 g/mol. The second kappa shape index (κ2) is 17.0. The van der Waals surface area contributed by atoms with Crippen molar-refractivity contribution in [1.82, 2.24) is 30.0 Å². The van der Waals surface area contributed by atoms with Gasteiger partial charge in [-0.25, -0.2) is 9.37 Å². The fraction of sp³-hybridized carbons (Fsp3) is 0.488. The van der Waals surface area contributed by atoms with Gasteiger partial charge in [-0.2, -0.15) is 5.10 Å². The highest BCUT2D eigenvalue weighted by atomic mass is 19.1. The van der Waals surface area contributed by atoms with E-state index in [-0.39, 0.29) is 47.8 Å². The number of anilines is 2. The van der Waals surface area contributed by atoms with Crippen molar-refractivity contribution in [1.29, 1.82) is 0 Å². The first-order valence-electron chi connectivity index (χ1n) is 19.7. The minimum absolute atomic E-state index is 0.0769. The molecule has 1 aromatic carbocycles. The number of aromatic amines is 1. The topological polar surface area (TPSA) is 172 Å². The van der Waals surface area contributed by atoms with Crippen molar-refractivity contribution >= 4 is 46.0 Å². The molecule has 4 aromatic rings. The number of pyridine rings is 2. The van der Waals surface area contributed by atoms with Crippen LogP contribution in [0, 0.1) is 11.7 Å². The molecule has 3 N–H and O–H groups in total. The number of ether oxygens (including phenoxy) is 1. The molecule has 1 aliphatic carbocycles. The number of fused-ring (bicyclic) bond motifs is 1. The molecule has 3 saturated heterocycles. The Morgan fingerprint density at radius 2 is 1.75 bits per heavy atom. The van der Waals surface area contributed by atoms with Crippen molar-refractivity contribution in [3.63, 3.8) is 0 Å². The second-order valence-corrected chi connectivity index (χ2v) is 15.4. The number of aromatic nitrogens is 4. The van der Waals surface area contributed by atoms with E-state index in [0.717, 1.165) is 31.1 Å². The molecule has 6 heterocycles. The Balaban J connectivity index is 0.00000153. The molecule has 56 heavy (non-hydrogen) atoms. The van der Waals surface area contributed by atoms with Crippen LogP contribution in [0.1, 0.15) is 106 Å². The van der Waals surface area contributed by atoms with Crippen LogP contribution in [0.15, 0.2) is 53.7 Å². The lowest BCUT2D eigenvalue weighted by Gasteiger charge is -2.35. The summed E-state index contributed by atoms with van der Waals surface area (Å²) in [4.78, 5) is 73.2. The number of benzene rings is 1. The third kappa shape index (κ3) is 9.25. The van der Waals surface area contributed by atoms with Gasteiger partial charge in [-0.1, -0.05) is 19.3 Å². The molecular formula is C41H49FN8O6. The van der Waals surface area contributed by atoms with Crippen LogP contribution >= 0.6 is 0 Å². The van der Waals surface area contributed by atoms with Crippen LogP contribution in [0.4, 0.5) is 15.9 Å². The lowest BCUT2D eigenvalue weighted by molar-refractivity contribution is -0.135. The molecule has 1 saturated carbocycles. The van der Waals surface area contributed by atoms with E-state index in [2.05, 4.69) is 20.6 Å². The lowest BCUT2D eigenvalue weighted by Crippen LogP contribution is -2.41. The number of hydrogen-bond acceptors (Lipinski definition) is 9. The van der Waals surface area contributed by atoms with Crippen molar-refractivity contribution in [3.8, 4) is 5.75 Å². The monoisotopic (exact) mass is 768 g/mol. The van der Waals surface area contributed by atoms with Gasteiger partial charge in [0.25, 0.3) is 11.5 Å². The summed E-state index contributed by atoms with van der Waals surface area (Å²) in [6.45, 7) is 6.11. The van der Waals surface area contributed by atoms with E-state index in [1.807, 2.05) is 34.5 Å². The predicted octanol–water partition coefficient (Wildman–Crippen LogP) is 5.46. The van der Waals surface area contributed by atoms with Gasteiger partial charge in [-0.3, -0.25) is 34.0 Å². The highest BCUT2D eigenvalue weighted by molar-refractivity contribution is 6.08. The summed E-state index contributed by atoms with van der Waals surface area (Å²) in [5.41, 5.74) is 1.17. The number of rotatable bonds is 9. The molecule has 0 spiro atoms. The van der Waals surface area contributed by atoms with E-state index in [4.69, 9.17) is 9.84 Å². The third-order valence-corrected chi connectivity index (χ3v) is 10.7. The van der Waals surface area contributed by atoms with E-state index in [1.54, 1.807) is 18.2 Å². The van der Waals surface area contributed by atoms with Crippen molar-refractivity contribution in [2.75, 3.05) is 36.4 Å². The number of H-pyrrole nitrogens is 1. The molecule has 3 aliphatic heterocycles. The molecular weight excluding hydrogens is 719 g/mol. The van der Waals surface area contributed by atoms with Gasteiger partial charge in [0.15, 0.2) is 11.6 Å². The van der Waals surface area contributed by atoms with Gasteiger partial charge in [0.2, 0.25) is 17.7 Å². The number of imide groups is 1. The predicted molar refractivity (Wildman–Crippen MR) is 208 cm³/mol. The van der Waals surface area contributed by atoms with Crippen LogP contribution in [0.25, 0.3) is 10.9 Å². The van der Waals surface area contributed by atoms with Crippen molar-refractivity contribution in [3.05, 3.63) is 76.2 Å². The zero-order valence-electron chi connectivity index (χ0n) is 31.9. The number of hydrogen-bond donors (Lipinski definition) is 3. The van der Waals surface area contributed by atoms with Crippen LogP contribution in [-0.4, -0.2) is 80.6 Å². The molecule has 15 heteroatoms. The Bertz CT molecular complexity index is 2150. The highest BCUT2D eigenvalue weighted by Crippen LogP contribution is 2.33. The SMILES string of the molecule is C1CC1.CC(C)Oc1cc2nn(C3CCN(C(=O)CC4CCN(c5ncc(C6CCC(=O)NC6=O)cc5F)CC4)CC3)cc2cc1C(=O)Nc1ccc[nH]c1=O. The minimum Gasteiger partial charge on any atom is -0.490 e. The van der Waals surface area contributed by atoms with Gasteiger partial charge in [0.1, 0.15) is 11.4 Å². The number of carbonyl (C=O) groups is 4. The van der Waals surface area contributed by atoms with Gasteiger partial charge in [-0.15, -0.1) is 0 Å². The quantitative estimate of drug-likeness (QED) is 0.187. The summed E-state index contributed by atoms with van der Waals surface area (Å²) in [6.07, 6.45) is 13.2. The molecule has 14 nitrogen and oxygen atoms in total. The summed E-state index contributed by atoms with van der Waals surface area (Å²) >= 11 is 0. The fourth-order valence-corrected chi connectivity index (χ4v) is 7.48. The lowest BCUT2D eigenvalue weighted by atomic mass is 9.91. The Kier molecular flexibility index (Phi) is 11.8. The van der Waals surface area contributed by atoms with E-state index >= 15 is 4.39 Å². The first-order chi connectivity index (χ1) is 27.0. The molecule has 1 atom stereocenters. The Hall–Kier alpha value is -5.60. The van der Waals surface area contributed by atoms with Gasteiger partial charge in [-0.05, 0) is 81.7 Å². The smallest absolute Gasteiger partial charge is 0.271 e. The van der Waals surface area contributed by atoms with E-state index in [0.29, 0.717) is 61.4 Å². The summed E-state index contributed by atoms with van der Waals surface area (Å²) in [5.74, 6) is -1.37. The average Bonchev–Trinajstić information content (AvgIpc) is 4.01. The number of piperidine rings is 3. The maximum absolute atomic E-state index is 15.2. The number of nitrogens with zero attached hydrogens (tertiary/aromatic N) is 5. The minimum atomic E-state index is -0.592. The van der Waals surface area contributed by atoms with E-state index in [1.165, 1.54) is 43.8 Å². The van der Waals surface area contributed by atoms with Gasteiger partial charge in [0.05, 0.1) is 29.1 Å². The molecule has 4 aliphatic rings. The van der Waals surface area contributed by atoms with Crippen LogP contribution < -0.4 is 25.8 Å².